The molecule has 3 aliphatic rings. The Morgan fingerprint density at radius 3 is 1.65 bits per heavy atom. The van der Waals surface area contributed by atoms with E-state index < -0.39 is 7.38 Å². The van der Waals surface area contributed by atoms with Crippen molar-refractivity contribution < 1.29 is 0 Å². The van der Waals surface area contributed by atoms with Crippen molar-refractivity contribution in [2.24, 2.45) is 0 Å². The highest BCUT2D eigenvalue weighted by molar-refractivity contribution is 7.20. The van der Waals surface area contributed by atoms with Crippen molar-refractivity contribution >= 4 is 18.5 Å². The maximum absolute atomic E-state index is 6.85. The number of rotatable bonds is 1. The van der Waals surface area contributed by atoms with E-state index in [1.54, 1.807) is 22.3 Å². The predicted molar refractivity (Wildman–Crippen MR) is 78.1 cm³/mol. The van der Waals surface area contributed by atoms with Gasteiger partial charge in [-0.3, -0.25) is 0 Å². The molecular weight excluding hydrogens is 244 g/mol. The third kappa shape index (κ3) is 1.96. The first-order valence-electron chi connectivity index (χ1n) is 7.22. The minimum atomic E-state index is -1.58. The molecular formula is C15H23ClSi. The van der Waals surface area contributed by atoms with Gasteiger partial charge in [-0.2, -0.15) is 11.1 Å². The molecule has 0 nitrogen and oxygen atoms in total. The lowest BCUT2D eigenvalue weighted by atomic mass is 9.87. The Labute approximate surface area is 111 Å². The summed E-state index contributed by atoms with van der Waals surface area (Å²) in [7, 11) is -1.58. The Morgan fingerprint density at radius 2 is 1.24 bits per heavy atom. The zero-order valence-corrected chi connectivity index (χ0v) is 12.9. The molecule has 0 saturated carbocycles. The number of halogens is 1. The van der Waals surface area contributed by atoms with Gasteiger partial charge in [-0.05, 0) is 62.5 Å². The molecule has 3 aliphatic carbocycles. The fourth-order valence-electron chi connectivity index (χ4n) is 4.22. The molecule has 0 radical (unpaired) electrons. The minimum absolute atomic E-state index is 0.703. The Kier molecular flexibility index (Phi) is 3.03. The molecule has 0 unspecified atom stereocenters. The summed E-state index contributed by atoms with van der Waals surface area (Å²) < 4.78 is 0. The van der Waals surface area contributed by atoms with Gasteiger partial charge in [0, 0.05) is 5.54 Å². The monoisotopic (exact) mass is 266 g/mol. The maximum Gasteiger partial charge on any atom is 0.161 e. The van der Waals surface area contributed by atoms with Crippen molar-refractivity contribution in [1.29, 1.82) is 0 Å². The second-order valence-electron chi connectivity index (χ2n) is 6.42. The lowest BCUT2D eigenvalue weighted by Crippen LogP contribution is -2.28. The molecule has 0 heterocycles. The topological polar surface area (TPSA) is 0 Å². The Morgan fingerprint density at radius 1 is 0.824 bits per heavy atom. The van der Waals surface area contributed by atoms with Gasteiger partial charge in [0.1, 0.15) is 0 Å². The summed E-state index contributed by atoms with van der Waals surface area (Å²) in [6.07, 6.45) is 11.0. The van der Waals surface area contributed by atoms with E-state index in [9.17, 15) is 0 Å². The van der Waals surface area contributed by atoms with Gasteiger partial charge in [0.25, 0.3) is 0 Å². The van der Waals surface area contributed by atoms with Crippen molar-refractivity contribution in [2.75, 3.05) is 0 Å². The van der Waals surface area contributed by atoms with Gasteiger partial charge in [-0.15, -0.1) is 0 Å². The van der Waals surface area contributed by atoms with Gasteiger partial charge < -0.3 is 0 Å². The molecule has 0 aromatic rings. The Bertz CT molecular complexity index is 366. The molecule has 0 spiro atoms. The van der Waals surface area contributed by atoms with Crippen LogP contribution in [-0.4, -0.2) is 7.38 Å². The second kappa shape index (κ2) is 4.27. The van der Waals surface area contributed by atoms with Crippen molar-refractivity contribution in [3.05, 3.63) is 22.3 Å². The van der Waals surface area contributed by atoms with Gasteiger partial charge in [-0.25, -0.2) is 0 Å². The van der Waals surface area contributed by atoms with Gasteiger partial charge in [0.15, 0.2) is 7.38 Å². The van der Waals surface area contributed by atoms with E-state index in [1.807, 2.05) is 0 Å². The summed E-state index contributed by atoms with van der Waals surface area (Å²) in [6.45, 7) is 4.70. The van der Waals surface area contributed by atoms with Crippen LogP contribution in [0.2, 0.25) is 18.6 Å². The standard InChI is InChI=1S/C15H23ClSi/c1-17(2,16)15-13-9-5-3-7-11(13)12-8-4-6-10-14(12)15/h15H,3-10H2,1-2H3. The molecule has 0 aliphatic heterocycles. The summed E-state index contributed by atoms with van der Waals surface area (Å²) in [5.74, 6) is 0. The largest absolute Gasteiger partial charge is 0.167 e. The van der Waals surface area contributed by atoms with Gasteiger partial charge in [0.05, 0.1) is 0 Å². The lowest BCUT2D eigenvalue weighted by Gasteiger charge is -2.30. The van der Waals surface area contributed by atoms with E-state index in [4.69, 9.17) is 11.1 Å². The quantitative estimate of drug-likeness (QED) is 0.431. The van der Waals surface area contributed by atoms with E-state index in [1.165, 1.54) is 51.4 Å². The maximum atomic E-state index is 6.85. The van der Waals surface area contributed by atoms with Crippen LogP contribution in [0, 0.1) is 0 Å². The van der Waals surface area contributed by atoms with E-state index in [2.05, 4.69) is 13.1 Å². The molecule has 94 valence electrons. The van der Waals surface area contributed by atoms with Crippen molar-refractivity contribution in [3.63, 3.8) is 0 Å². The van der Waals surface area contributed by atoms with E-state index >= 15 is 0 Å². The summed E-state index contributed by atoms with van der Waals surface area (Å²) in [6, 6.07) is 0. The second-order valence-corrected chi connectivity index (χ2v) is 13.0. The van der Waals surface area contributed by atoms with Crippen molar-refractivity contribution in [1.82, 2.24) is 0 Å². The zero-order chi connectivity index (χ0) is 12.0. The molecule has 3 rings (SSSR count). The van der Waals surface area contributed by atoms with Crippen LogP contribution in [0.4, 0.5) is 0 Å². The van der Waals surface area contributed by atoms with Crippen LogP contribution in [0.5, 0.6) is 0 Å². The van der Waals surface area contributed by atoms with Crippen LogP contribution in [0.15, 0.2) is 22.3 Å². The molecule has 0 aromatic heterocycles. The van der Waals surface area contributed by atoms with Crippen molar-refractivity contribution in [3.8, 4) is 0 Å². The first kappa shape index (κ1) is 12.0. The molecule has 17 heavy (non-hydrogen) atoms. The lowest BCUT2D eigenvalue weighted by molar-refractivity contribution is 0.664. The van der Waals surface area contributed by atoms with Crippen LogP contribution in [0.3, 0.4) is 0 Å². The van der Waals surface area contributed by atoms with Crippen LogP contribution >= 0.6 is 11.1 Å². The van der Waals surface area contributed by atoms with E-state index in [0.29, 0.717) is 5.54 Å². The first-order chi connectivity index (χ1) is 8.09. The highest BCUT2D eigenvalue weighted by Crippen LogP contribution is 2.56. The van der Waals surface area contributed by atoms with Crippen LogP contribution in [0.25, 0.3) is 0 Å². The van der Waals surface area contributed by atoms with Gasteiger partial charge >= 0.3 is 0 Å². The number of hydrogen-bond acceptors (Lipinski definition) is 0. The van der Waals surface area contributed by atoms with Crippen LogP contribution < -0.4 is 0 Å². The minimum Gasteiger partial charge on any atom is -0.167 e. The highest BCUT2D eigenvalue weighted by atomic mass is 35.6. The summed E-state index contributed by atoms with van der Waals surface area (Å²) in [4.78, 5) is 0. The van der Waals surface area contributed by atoms with Crippen molar-refractivity contribution in [2.45, 2.75) is 70.0 Å². The predicted octanol–water partition coefficient (Wildman–Crippen LogP) is 5.56. The molecule has 0 saturated heterocycles. The molecule has 0 amide bonds. The third-order valence-corrected chi connectivity index (χ3v) is 7.49. The average Bonchev–Trinajstić information content (AvgIpc) is 2.63. The SMILES string of the molecule is C[Si](C)(Cl)C1C2=C(CCCC2)C2=C1CCCC2. The normalized spacial score (nSPS) is 26.3. The van der Waals surface area contributed by atoms with Gasteiger partial charge in [0.2, 0.25) is 0 Å². The summed E-state index contributed by atoms with van der Waals surface area (Å²) in [5.41, 5.74) is 7.83. The average molecular weight is 267 g/mol. The smallest absolute Gasteiger partial charge is 0.161 e. The first-order valence-corrected chi connectivity index (χ1v) is 11.3. The Hall–Kier alpha value is -0.0131. The number of hydrogen-bond donors (Lipinski definition) is 0. The fraction of sp³-hybridized carbons (Fsp3) is 0.733. The molecule has 2 heteroatoms. The molecule has 0 aromatic carbocycles. The number of allylic oxidation sites excluding steroid dienone is 4. The van der Waals surface area contributed by atoms with Gasteiger partial charge in [-0.1, -0.05) is 24.2 Å². The van der Waals surface area contributed by atoms with Crippen LogP contribution in [-0.2, 0) is 0 Å². The summed E-state index contributed by atoms with van der Waals surface area (Å²) in [5, 5.41) is 0. The highest BCUT2D eigenvalue weighted by Gasteiger charge is 2.43. The third-order valence-electron chi connectivity index (χ3n) is 4.77. The van der Waals surface area contributed by atoms with Crippen LogP contribution in [0.1, 0.15) is 51.4 Å². The summed E-state index contributed by atoms with van der Waals surface area (Å²) >= 11 is 6.85. The number of fused-ring (bicyclic) bond motifs is 1. The molecule has 0 atom stereocenters. The molecule has 0 bridgehead atoms. The Balaban J connectivity index is 2.07. The molecule has 0 fully saturated rings. The van der Waals surface area contributed by atoms with E-state index in [0.717, 1.165) is 0 Å². The molecule has 0 N–H and O–H groups in total. The van der Waals surface area contributed by atoms with E-state index in [-0.39, 0.29) is 0 Å². The zero-order valence-electron chi connectivity index (χ0n) is 11.1. The fourth-order valence-corrected chi connectivity index (χ4v) is 7.31.